The molecule has 0 amide bonds. The van der Waals surface area contributed by atoms with Crippen LogP contribution >= 0.6 is 11.6 Å². The summed E-state index contributed by atoms with van der Waals surface area (Å²) in [5, 5.41) is 14.4. The minimum atomic E-state index is -2.95. The first-order valence-electron chi connectivity index (χ1n) is 6.69. The quantitative estimate of drug-likeness (QED) is 0.877. The number of sulfone groups is 1. The molecule has 2 N–H and O–H groups in total. The summed E-state index contributed by atoms with van der Waals surface area (Å²) in [5.41, 5.74) is 0.780. The van der Waals surface area contributed by atoms with E-state index < -0.39 is 9.84 Å². The highest BCUT2D eigenvalue weighted by Gasteiger charge is 2.28. The number of benzene rings is 1. The van der Waals surface area contributed by atoms with Crippen LogP contribution in [0.1, 0.15) is 6.42 Å². The fraction of sp³-hybridized carbons (Fsp3) is 0.308. The second kappa shape index (κ2) is 6.05. The highest BCUT2D eigenvalue weighted by atomic mass is 35.5. The van der Waals surface area contributed by atoms with E-state index >= 15 is 0 Å². The van der Waals surface area contributed by atoms with Gasteiger partial charge in [0, 0.05) is 16.8 Å². The molecule has 0 spiro atoms. The Labute approximate surface area is 133 Å². The zero-order valence-electron chi connectivity index (χ0n) is 11.5. The van der Waals surface area contributed by atoms with Crippen LogP contribution in [0, 0.1) is 0 Å². The molecule has 1 unspecified atom stereocenters. The van der Waals surface area contributed by atoms with Crippen LogP contribution in [0.15, 0.2) is 30.5 Å². The predicted molar refractivity (Wildman–Crippen MR) is 85.2 cm³/mol. The molecule has 0 saturated carbocycles. The van der Waals surface area contributed by atoms with Crippen molar-refractivity contribution in [3.63, 3.8) is 0 Å². The first kappa shape index (κ1) is 15.0. The Morgan fingerprint density at radius 2 is 2.18 bits per heavy atom. The summed E-state index contributed by atoms with van der Waals surface area (Å²) in [6.07, 6.45) is 2.04. The third-order valence-corrected chi connectivity index (χ3v) is 5.22. The van der Waals surface area contributed by atoms with Crippen LogP contribution in [-0.2, 0) is 9.84 Å². The van der Waals surface area contributed by atoms with E-state index in [0.29, 0.717) is 23.2 Å². The van der Waals surface area contributed by atoms with Crippen molar-refractivity contribution in [1.82, 2.24) is 15.2 Å². The van der Waals surface area contributed by atoms with Crippen LogP contribution in [-0.4, -0.2) is 41.1 Å². The molecular formula is C13H14ClN5O2S. The fourth-order valence-corrected chi connectivity index (χ4v) is 4.09. The minimum absolute atomic E-state index is 0.0995. The Balaban J connectivity index is 1.70. The lowest BCUT2D eigenvalue weighted by Gasteiger charge is -2.11. The Morgan fingerprint density at radius 1 is 1.32 bits per heavy atom. The van der Waals surface area contributed by atoms with Gasteiger partial charge in [-0.05, 0) is 24.6 Å². The highest BCUT2D eigenvalue weighted by molar-refractivity contribution is 7.91. The SMILES string of the molecule is O=S1(=O)CCC(Nc2nncc(Nc3cccc(Cl)c3)n2)C1. The molecule has 0 radical (unpaired) electrons. The zero-order chi connectivity index (χ0) is 15.6. The first-order valence-corrected chi connectivity index (χ1v) is 8.89. The van der Waals surface area contributed by atoms with Gasteiger partial charge in [0.1, 0.15) is 0 Å². The second-order valence-corrected chi connectivity index (χ2v) is 7.71. The monoisotopic (exact) mass is 339 g/mol. The molecule has 0 bridgehead atoms. The third kappa shape index (κ3) is 3.83. The smallest absolute Gasteiger partial charge is 0.244 e. The zero-order valence-corrected chi connectivity index (χ0v) is 13.1. The molecule has 0 aliphatic carbocycles. The molecule has 1 fully saturated rings. The van der Waals surface area contributed by atoms with Gasteiger partial charge in [0.15, 0.2) is 15.7 Å². The van der Waals surface area contributed by atoms with Gasteiger partial charge in [0.2, 0.25) is 5.95 Å². The van der Waals surface area contributed by atoms with Crippen molar-refractivity contribution in [3.8, 4) is 0 Å². The van der Waals surface area contributed by atoms with Crippen LogP contribution in [0.25, 0.3) is 0 Å². The summed E-state index contributed by atoms with van der Waals surface area (Å²) in [6.45, 7) is 0. The molecule has 2 heterocycles. The van der Waals surface area contributed by atoms with Gasteiger partial charge in [-0.1, -0.05) is 17.7 Å². The molecule has 1 atom stereocenters. The van der Waals surface area contributed by atoms with E-state index in [9.17, 15) is 8.42 Å². The molecule has 1 saturated heterocycles. The Morgan fingerprint density at radius 3 is 2.91 bits per heavy atom. The number of nitrogens with one attached hydrogen (secondary N) is 2. The Bertz CT molecular complexity index is 784. The molecule has 9 heteroatoms. The molecule has 22 heavy (non-hydrogen) atoms. The van der Waals surface area contributed by atoms with Crippen molar-refractivity contribution in [2.24, 2.45) is 0 Å². The fourth-order valence-electron chi connectivity index (χ4n) is 2.23. The molecule has 7 nitrogen and oxygen atoms in total. The van der Waals surface area contributed by atoms with Crippen molar-refractivity contribution in [2.75, 3.05) is 22.1 Å². The number of nitrogens with zero attached hydrogens (tertiary/aromatic N) is 3. The van der Waals surface area contributed by atoms with Crippen molar-refractivity contribution >= 4 is 38.9 Å². The van der Waals surface area contributed by atoms with Gasteiger partial charge in [-0.2, -0.15) is 10.1 Å². The van der Waals surface area contributed by atoms with E-state index in [2.05, 4.69) is 25.8 Å². The second-order valence-electron chi connectivity index (χ2n) is 5.04. The topological polar surface area (TPSA) is 96.9 Å². The van der Waals surface area contributed by atoms with Crippen molar-refractivity contribution in [2.45, 2.75) is 12.5 Å². The number of rotatable bonds is 4. The third-order valence-electron chi connectivity index (χ3n) is 3.22. The van der Waals surface area contributed by atoms with Gasteiger partial charge >= 0.3 is 0 Å². The van der Waals surface area contributed by atoms with Gasteiger partial charge in [0.25, 0.3) is 0 Å². The first-order chi connectivity index (χ1) is 10.5. The standard InChI is InChI=1S/C13H14ClN5O2S/c14-9-2-1-3-10(6-9)16-12-7-15-19-13(18-12)17-11-4-5-22(20,21)8-11/h1-3,6-7,11H,4-5,8H2,(H2,16,17,18,19). The van der Waals surface area contributed by atoms with E-state index in [1.807, 2.05) is 12.1 Å². The van der Waals surface area contributed by atoms with Crippen LogP contribution in [0.2, 0.25) is 5.02 Å². The number of anilines is 3. The molecule has 1 aromatic carbocycles. The van der Waals surface area contributed by atoms with Crippen LogP contribution in [0.4, 0.5) is 17.5 Å². The molecule has 116 valence electrons. The van der Waals surface area contributed by atoms with Crippen molar-refractivity contribution in [3.05, 3.63) is 35.5 Å². The average molecular weight is 340 g/mol. The number of hydrogen-bond acceptors (Lipinski definition) is 7. The minimum Gasteiger partial charge on any atom is -0.349 e. The number of hydrogen-bond donors (Lipinski definition) is 2. The summed E-state index contributed by atoms with van der Waals surface area (Å²) in [7, 11) is -2.95. The largest absolute Gasteiger partial charge is 0.349 e. The Hall–Kier alpha value is -1.93. The maximum Gasteiger partial charge on any atom is 0.244 e. The van der Waals surface area contributed by atoms with E-state index in [0.717, 1.165) is 5.69 Å². The number of aromatic nitrogens is 3. The van der Waals surface area contributed by atoms with Gasteiger partial charge in [-0.3, -0.25) is 0 Å². The predicted octanol–water partition coefficient (Wildman–Crippen LogP) is 1.87. The normalized spacial score (nSPS) is 19.8. The van der Waals surface area contributed by atoms with E-state index in [1.165, 1.54) is 6.20 Å². The van der Waals surface area contributed by atoms with Gasteiger partial charge in [0.05, 0.1) is 17.7 Å². The van der Waals surface area contributed by atoms with Crippen LogP contribution in [0.3, 0.4) is 0 Å². The van der Waals surface area contributed by atoms with Crippen LogP contribution in [0.5, 0.6) is 0 Å². The van der Waals surface area contributed by atoms with E-state index in [4.69, 9.17) is 11.6 Å². The molecule has 3 rings (SSSR count). The molecule has 1 aliphatic rings. The van der Waals surface area contributed by atoms with E-state index in [-0.39, 0.29) is 17.5 Å². The van der Waals surface area contributed by atoms with Gasteiger partial charge in [-0.15, -0.1) is 5.10 Å². The van der Waals surface area contributed by atoms with Crippen LogP contribution < -0.4 is 10.6 Å². The lowest BCUT2D eigenvalue weighted by atomic mass is 10.3. The molecule has 1 aromatic heterocycles. The summed E-state index contributed by atoms with van der Waals surface area (Å²) in [5.74, 6) is 1.09. The van der Waals surface area contributed by atoms with Crippen molar-refractivity contribution < 1.29 is 8.42 Å². The van der Waals surface area contributed by atoms with Gasteiger partial charge < -0.3 is 10.6 Å². The number of halogens is 1. The average Bonchev–Trinajstić information content (AvgIpc) is 2.78. The van der Waals surface area contributed by atoms with Crippen molar-refractivity contribution in [1.29, 1.82) is 0 Å². The van der Waals surface area contributed by atoms with E-state index in [1.54, 1.807) is 12.1 Å². The summed E-state index contributed by atoms with van der Waals surface area (Å²) in [6, 6.07) is 7.04. The lowest BCUT2D eigenvalue weighted by molar-refractivity contribution is 0.602. The maximum atomic E-state index is 11.4. The summed E-state index contributed by atoms with van der Waals surface area (Å²) < 4.78 is 22.9. The maximum absolute atomic E-state index is 11.4. The molecule has 1 aliphatic heterocycles. The lowest BCUT2D eigenvalue weighted by Crippen LogP contribution is -2.22. The molecule has 2 aromatic rings. The highest BCUT2D eigenvalue weighted by Crippen LogP contribution is 2.19. The van der Waals surface area contributed by atoms with Gasteiger partial charge in [-0.25, -0.2) is 8.42 Å². The summed E-state index contributed by atoms with van der Waals surface area (Å²) >= 11 is 5.92. The Kier molecular flexibility index (Phi) is 4.12. The summed E-state index contributed by atoms with van der Waals surface area (Å²) in [4.78, 5) is 4.28. The molecular weight excluding hydrogens is 326 g/mol.